The first-order valence-corrected chi connectivity index (χ1v) is 10.8. The van der Waals surface area contributed by atoms with Gasteiger partial charge >= 0.3 is 0 Å². The highest BCUT2D eigenvalue weighted by molar-refractivity contribution is 5.27. The van der Waals surface area contributed by atoms with E-state index >= 15 is 0 Å². The van der Waals surface area contributed by atoms with Gasteiger partial charge in [0, 0.05) is 11.6 Å². The maximum absolute atomic E-state index is 6.37. The van der Waals surface area contributed by atoms with Gasteiger partial charge in [0.25, 0.3) is 0 Å². The Bertz CT molecular complexity index is 998. The third-order valence-electron chi connectivity index (χ3n) is 5.37. The van der Waals surface area contributed by atoms with Gasteiger partial charge in [-0.05, 0) is 42.0 Å². The molecule has 4 N–H and O–H groups in total. The van der Waals surface area contributed by atoms with Gasteiger partial charge < -0.3 is 11.5 Å². The summed E-state index contributed by atoms with van der Waals surface area (Å²) in [6.07, 6.45) is 1.75. The average molecular weight is 409 g/mol. The fourth-order valence-corrected chi connectivity index (χ4v) is 3.63. The van der Waals surface area contributed by atoms with Gasteiger partial charge in [0.15, 0.2) is 0 Å². The number of rotatable bonds is 6. The molecule has 0 spiro atoms. The van der Waals surface area contributed by atoms with Crippen LogP contribution in [0.2, 0.25) is 0 Å². The Morgan fingerprint density at radius 3 is 1.55 bits per heavy atom. The van der Waals surface area contributed by atoms with Crippen molar-refractivity contribution in [1.82, 2.24) is 0 Å². The van der Waals surface area contributed by atoms with E-state index in [2.05, 4.69) is 67.6 Å². The van der Waals surface area contributed by atoms with Crippen LogP contribution in [0.1, 0.15) is 35.2 Å². The van der Waals surface area contributed by atoms with Crippen LogP contribution >= 0.6 is 0 Å². The number of hydrogen-bond acceptors (Lipinski definition) is 2. The second-order valence-corrected chi connectivity index (χ2v) is 8.15. The van der Waals surface area contributed by atoms with E-state index < -0.39 is 0 Å². The average Bonchev–Trinajstić information content (AvgIpc) is 2.82. The smallest absolute Gasteiger partial charge is 0.0421 e. The van der Waals surface area contributed by atoms with E-state index in [1.54, 1.807) is 0 Å². The largest absolute Gasteiger partial charge is 0.324 e. The molecular weight excluding hydrogens is 376 g/mol. The predicted octanol–water partition coefficient (Wildman–Crippen LogP) is 6.03. The second kappa shape index (κ2) is 11.3. The summed E-state index contributed by atoms with van der Waals surface area (Å²) in [7, 11) is 0. The summed E-state index contributed by atoms with van der Waals surface area (Å²) in [5.41, 5.74) is 17.1. The van der Waals surface area contributed by atoms with Gasteiger partial charge in [0.2, 0.25) is 0 Å². The molecule has 0 aliphatic rings. The van der Waals surface area contributed by atoms with Gasteiger partial charge in [-0.1, -0.05) is 121 Å². The summed E-state index contributed by atoms with van der Waals surface area (Å²) in [5.74, 6) is 0. The van der Waals surface area contributed by atoms with Gasteiger partial charge in [0.05, 0.1) is 0 Å². The molecule has 0 fully saturated rings. The van der Waals surface area contributed by atoms with Gasteiger partial charge in [-0.3, -0.25) is 0 Å². The van der Waals surface area contributed by atoms with E-state index in [-0.39, 0.29) is 11.6 Å². The van der Waals surface area contributed by atoms with Crippen LogP contribution in [-0.2, 0) is 18.4 Å². The highest BCUT2D eigenvalue weighted by atomic mass is 14.7. The van der Waals surface area contributed by atoms with Crippen LogP contribution in [0.5, 0.6) is 0 Å². The van der Waals surface area contributed by atoms with Crippen molar-refractivity contribution < 1.29 is 0 Å². The topological polar surface area (TPSA) is 52.0 Å². The minimum absolute atomic E-state index is 0.0913. The summed E-state index contributed by atoms with van der Waals surface area (Å²) in [6.45, 7) is 2.08. The van der Waals surface area contributed by atoms with Crippen molar-refractivity contribution in [3.05, 3.63) is 144 Å². The molecule has 4 aromatic carbocycles. The number of nitrogens with two attached hydrogens (primary N) is 2. The summed E-state index contributed by atoms with van der Waals surface area (Å²) >= 11 is 0. The molecule has 0 heterocycles. The molecule has 2 heteroatoms. The van der Waals surface area contributed by atoms with Crippen LogP contribution in [0.4, 0.5) is 0 Å². The molecule has 4 rings (SSSR count). The van der Waals surface area contributed by atoms with Crippen LogP contribution in [-0.4, -0.2) is 0 Å². The molecule has 0 aliphatic heterocycles. The van der Waals surface area contributed by atoms with Crippen molar-refractivity contribution in [2.45, 2.75) is 31.3 Å². The van der Waals surface area contributed by atoms with E-state index in [0.29, 0.717) is 0 Å². The zero-order chi connectivity index (χ0) is 21.9. The van der Waals surface area contributed by atoms with Crippen molar-refractivity contribution in [3.8, 4) is 0 Å². The SMILES string of the molecule is CC(N)(Cc1ccccc1)c1ccccc1.NC(Cc1ccccc1)c1ccccc1. The Labute approximate surface area is 186 Å². The minimum atomic E-state index is -0.303. The Hall–Kier alpha value is -3.20. The maximum Gasteiger partial charge on any atom is 0.0421 e. The lowest BCUT2D eigenvalue weighted by molar-refractivity contribution is 0.491. The lowest BCUT2D eigenvalue weighted by Crippen LogP contribution is -2.35. The molecule has 158 valence electrons. The molecule has 0 bridgehead atoms. The minimum Gasteiger partial charge on any atom is -0.324 e. The van der Waals surface area contributed by atoms with Crippen LogP contribution in [0.15, 0.2) is 121 Å². The monoisotopic (exact) mass is 408 g/mol. The maximum atomic E-state index is 6.37. The third-order valence-corrected chi connectivity index (χ3v) is 5.37. The van der Waals surface area contributed by atoms with Crippen LogP contribution in [0.3, 0.4) is 0 Å². The molecule has 0 aliphatic carbocycles. The molecule has 0 aromatic heterocycles. The molecule has 2 nitrogen and oxygen atoms in total. The first-order valence-electron chi connectivity index (χ1n) is 10.8. The molecule has 0 saturated carbocycles. The van der Waals surface area contributed by atoms with Crippen molar-refractivity contribution in [1.29, 1.82) is 0 Å². The van der Waals surface area contributed by atoms with Crippen molar-refractivity contribution in [2.24, 2.45) is 11.5 Å². The predicted molar refractivity (Wildman–Crippen MR) is 132 cm³/mol. The Morgan fingerprint density at radius 2 is 1.03 bits per heavy atom. The van der Waals surface area contributed by atoms with Crippen molar-refractivity contribution in [3.63, 3.8) is 0 Å². The van der Waals surface area contributed by atoms with Gasteiger partial charge in [-0.25, -0.2) is 0 Å². The molecule has 2 unspecified atom stereocenters. The van der Waals surface area contributed by atoms with E-state index in [0.717, 1.165) is 12.8 Å². The zero-order valence-corrected chi connectivity index (χ0v) is 18.2. The summed E-state index contributed by atoms with van der Waals surface area (Å²) in [6, 6.07) is 41.3. The standard InChI is InChI=1S/C15H17N.C14H15N/c1-15(16,14-10-6-3-7-11-14)12-13-8-4-2-5-9-13;15-14(13-9-5-2-6-10-13)11-12-7-3-1-4-8-12/h2-11H,12,16H2,1H3;1-10,14H,11,15H2. The van der Waals surface area contributed by atoms with Crippen molar-refractivity contribution >= 4 is 0 Å². The van der Waals surface area contributed by atoms with E-state index in [1.165, 1.54) is 22.3 Å². The first kappa shape index (κ1) is 22.5. The summed E-state index contributed by atoms with van der Waals surface area (Å²) < 4.78 is 0. The molecular formula is C29H32N2. The third kappa shape index (κ3) is 7.21. The van der Waals surface area contributed by atoms with Gasteiger partial charge in [-0.2, -0.15) is 0 Å². The molecule has 31 heavy (non-hydrogen) atoms. The lowest BCUT2D eigenvalue weighted by atomic mass is 9.87. The second-order valence-electron chi connectivity index (χ2n) is 8.15. The Balaban J connectivity index is 0.000000176. The number of benzene rings is 4. The summed E-state index contributed by atoms with van der Waals surface area (Å²) in [5, 5.41) is 0. The molecule has 4 aromatic rings. The van der Waals surface area contributed by atoms with E-state index in [9.17, 15) is 0 Å². The Kier molecular flexibility index (Phi) is 8.17. The van der Waals surface area contributed by atoms with Crippen LogP contribution in [0.25, 0.3) is 0 Å². The summed E-state index contributed by atoms with van der Waals surface area (Å²) in [4.78, 5) is 0. The fourth-order valence-electron chi connectivity index (χ4n) is 3.63. The van der Waals surface area contributed by atoms with Gasteiger partial charge in [-0.15, -0.1) is 0 Å². The molecule has 2 atom stereocenters. The molecule has 0 saturated heterocycles. The molecule has 0 radical (unpaired) electrons. The molecule has 0 amide bonds. The first-order chi connectivity index (χ1) is 15.0. The van der Waals surface area contributed by atoms with E-state index in [1.807, 2.05) is 60.7 Å². The quantitative estimate of drug-likeness (QED) is 0.409. The highest BCUT2D eigenvalue weighted by Gasteiger charge is 2.20. The Morgan fingerprint density at radius 1 is 0.613 bits per heavy atom. The van der Waals surface area contributed by atoms with Crippen LogP contribution in [0, 0.1) is 0 Å². The number of hydrogen-bond donors (Lipinski definition) is 2. The van der Waals surface area contributed by atoms with E-state index in [4.69, 9.17) is 11.5 Å². The highest BCUT2D eigenvalue weighted by Crippen LogP contribution is 2.22. The van der Waals surface area contributed by atoms with Crippen LogP contribution < -0.4 is 11.5 Å². The fraction of sp³-hybridized carbons (Fsp3) is 0.172. The van der Waals surface area contributed by atoms with Crippen molar-refractivity contribution in [2.75, 3.05) is 0 Å². The zero-order valence-electron chi connectivity index (χ0n) is 18.2. The lowest BCUT2D eigenvalue weighted by Gasteiger charge is -2.25. The normalized spacial score (nSPS) is 13.4. The van der Waals surface area contributed by atoms with Gasteiger partial charge in [0.1, 0.15) is 0 Å².